The van der Waals surface area contributed by atoms with Gasteiger partial charge in [-0.3, -0.25) is 0 Å². The van der Waals surface area contributed by atoms with Crippen LogP contribution in [0.2, 0.25) is 0 Å². The molecule has 2 aromatic carbocycles. The first kappa shape index (κ1) is 14.1. The molecule has 2 atom stereocenters. The molecule has 1 heterocycles. The summed E-state index contributed by atoms with van der Waals surface area (Å²) in [7, 11) is 1.69. The molecule has 1 aliphatic rings. The molecule has 0 aliphatic carbocycles. The van der Waals surface area contributed by atoms with Gasteiger partial charge in [-0.25, -0.2) is 0 Å². The highest BCUT2D eigenvalue weighted by molar-refractivity contribution is 5.42. The number of rotatable bonds is 3. The van der Waals surface area contributed by atoms with Gasteiger partial charge in [0, 0.05) is 19.1 Å². The zero-order valence-corrected chi connectivity index (χ0v) is 12.4. The number of aryl methyl sites for hydroxylation is 1. The lowest BCUT2D eigenvalue weighted by Crippen LogP contribution is -2.20. The highest BCUT2D eigenvalue weighted by Crippen LogP contribution is 2.41. The molecular weight excluding hydrogens is 264 g/mol. The molecule has 0 amide bonds. The van der Waals surface area contributed by atoms with Crippen LogP contribution in [0.5, 0.6) is 5.75 Å². The maximum Gasteiger partial charge on any atom is 0.127 e. The van der Waals surface area contributed by atoms with Gasteiger partial charge in [0.05, 0.1) is 12.7 Å². The highest BCUT2D eigenvalue weighted by Gasteiger charge is 2.29. The van der Waals surface area contributed by atoms with Crippen molar-refractivity contribution in [3.63, 3.8) is 0 Å². The lowest BCUT2D eigenvalue weighted by atomic mass is 9.92. The van der Waals surface area contributed by atoms with E-state index in [0.29, 0.717) is 13.0 Å². The number of hydrogen-bond donors (Lipinski definition) is 1. The predicted octanol–water partition coefficient (Wildman–Crippen LogP) is 3.70. The Balaban J connectivity index is 1.94. The monoisotopic (exact) mass is 284 g/mol. The summed E-state index contributed by atoms with van der Waals surface area (Å²) >= 11 is 0. The van der Waals surface area contributed by atoms with Crippen LogP contribution in [0.15, 0.2) is 42.5 Å². The fourth-order valence-corrected chi connectivity index (χ4v) is 2.89. The number of ether oxygens (including phenoxy) is 2. The lowest BCUT2D eigenvalue weighted by Gasteiger charge is -2.31. The van der Waals surface area contributed by atoms with E-state index in [9.17, 15) is 5.11 Å². The fraction of sp³-hybridized carbons (Fsp3) is 0.333. The van der Waals surface area contributed by atoms with Crippen LogP contribution in [0.25, 0.3) is 0 Å². The van der Waals surface area contributed by atoms with E-state index in [-0.39, 0.29) is 6.10 Å². The van der Waals surface area contributed by atoms with Crippen LogP contribution in [0.3, 0.4) is 0 Å². The fourth-order valence-electron chi connectivity index (χ4n) is 2.89. The van der Waals surface area contributed by atoms with Gasteiger partial charge in [-0.1, -0.05) is 35.9 Å². The molecule has 0 saturated carbocycles. The highest BCUT2D eigenvalue weighted by atomic mass is 16.5. The van der Waals surface area contributed by atoms with Crippen molar-refractivity contribution >= 4 is 0 Å². The normalized spacial score (nSPS) is 20.7. The van der Waals surface area contributed by atoms with Gasteiger partial charge in [-0.05, 0) is 30.2 Å². The molecule has 0 aromatic heterocycles. The Morgan fingerprint density at radius 1 is 1.19 bits per heavy atom. The average Bonchev–Trinajstić information content (AvgIpc) is 2.49. The third kappa shape index (κ3) is 2.80. The van der Waals surface area contributed by atoms with E-state index in [2.05, 4.69) is 0 Å². The summed E-state index contributed by atoms with van der Waals surface area (Å²) in [5.41, 5.74) is 4.21. The summed E-state index contributed by atoms with van der Waals surface area (Å²) in [4.78, 5) is 0. The van der Waals surface area contributed by atoms with Crippen LogP contribution in [-0.2, 0) is 11.3 Å². The molecule has 1 N–H and O–H groups in total. The Labute approximate surface area is 125 Å². The number of fused-ring (bicyclic) bond motifs is 1. The molecule has 2 aromatic rings. The molecule has 110 valence electrons. The summed E-state index contributed by atoms with van der Waals surface area (Å²) < 4.78 is 11.4. The van der Waals surface area contributed by atoms with Crippen molar-refractivity contribution in [2.45, 2.75) is 32.2 Å². The second-order valence-electron chi connectivity index (χ2n) is 5.53. The van der Waals surface area contributed by atoms with Crippen molar-refractivity contribution < 1.29 is 14.6 Å². The van der Waals surface area contributed by atoms with Crippen LogP contribution in [0.4, 0.5) is 0 Å². The Morgan fingerprint density at radius 3 is 2.81 bits per heavy atom. The number of methoxy groups -OCH3 is 1. The van der Waals surface area contributed by atoms with Crippen molar-refractivity contribution in [3.05, 3.63) is 64.7 Å². The topological polar surface area (TPSA) is 38.7 Å². The Kier molecular flexibility index (Phi) is 3.95. The second kappa shape index (κ2) is 5.88. The van der Waals surface area contributed by atoms with Crippen LogP contribution in [0, 0.1) is 6.92 Å². The standard InChI is InChI=1S/C18H20O3/c1-12-7-8-17-15(9-12)16(19)10-18(21-17)14-6-4-3-5-13(14)11-20-2/h3-9,16,18-19H,10-11H2,1-2H3/t16-,18?/m1/s1. The molecule has 0 spiro atoms. The van der Waals surface area contributed by atoms with E-state index < -0.39 is 6.10 Å². The number of benzene rings is 2. The molecule has 3 heteroatoms. The van der Waals surface area contributed by atoms with E-state index >= 15 is 0 Å². The lowest BCUT2D eigenvalue weighted by molar-refractivity contribution is 0.0641. The summed E-state index contributed by atoms with van der Waals surface area (Å²) in [5, 5.41) is 10.4. The number of hydrogen-bond acceptors (Lipinski definition) is 3. The summed E-state index contributed by atoms with van der Waals surface area (Å²) in [5.74, 6) is 0.775. The van der Waals surface area contributed by atoms with E-state index in [1.807, 2.05) is 49.4 Å². The molecule has 1 unspecified atom stereocenters. The third-order valence-corrected chi connectivity index (χ3v) is 3.93. The largest absolute Gasteiger partial charge is 0.485 e. The van der Waals surface area contributed by atoms with E-state index in [4.69, 9.17) is 9.47 Å². The van der Waals surface area contributed by atoms with Crippen molar-refractivity contribution in [1.82, 2.24) is 0 Å². The van der Waals surface area contributed by atoms with E-state index in [1.165, 1.54) is 0 Å². The van der Waals surface area contributed by atoms with Crippen molar-refractivity contribution in [1.29, 1.82) is 0 Å². The molecular formula is C18H20O3. The van der Waals surface area contributed by atoms with Crippen LogP contribution in [0.1, 0.15) is 40.9 Å². The van der Waals surface area contributed by atoms with Gasteiger partial charge in [0.2, 0.25) is 0 Å². The maximum absolute atomic E-state index is 10.4. The predicted molar refractivity (Wildman–Crippen MR) is 81.3 cm³/mol. The first-order valence-electron chi connectivity index (χ1n) is 7.21. The van der Waals surface area contributed by atoms with Crippen LogP contribution < -0.4 is 4.74 Å². The van der Waals surface area contributed by atoms with Gasteiger partial charge in [-0.15, -0.1) is 0 Å². The molecule has 3 nitrogen and oxygen atoms in total. The minimum absolute atomic E-state index is 0.137. The Morgan fingerprint density at radius 2 is 2.00 bits per heavy atom. The smallest absolute Gasteiger partial charge is 0.127 e. The first-order valence-corrected chi connectivity index (χ1v) is 7.21. The second-order valence-corrected chi connectivity index (χ2v) is 5.53. The third-order valence-electron chi connectivity index (χ3n) is 3.93. The van der Waals surface area contributed by atoms with Crippen molar-refractivity contribution in [3.8, 4) is 5.75 Å². The molecule has 0 bridgehead atoms. The zero-order valence-electron chi connectivity index (χ0n) is 12.4. The summed E-state index contributed by atoms with van der Waals surface area (Å²) in [6, 6.07) is 14.0. The van der Waals surface area contributed by atoms with Crippen molar-refractivity contribution in [2.24, 2.45) is 0 Å². The van der Waals surface area contributed by atoms with E-state index in [0.717, 1.165) is 28.0 Å². The number of aliphatic hydroxyl groups excluding tert-OH is 1. The zero-order chi connectivity index (χ0) is 14.8. The van der Waals surface area contributed by atoms with Crippen LogP contribution >= 0.6 is 0 Å². The van der Waals surface area contributed by atoms with Crippen molar-refractivity contribution in [2.75, 3.05) is 7.11 Å². The van der Waals surface area contributed by atoms with Gasteiger partial charge in [-0.2, -0.15) is 0 Å². The summed E-state index contributed by atoms with van der Waals surface area (Å²) in [6.07, 6.45) is -0.0622. The Hall–Kier alpha value is -1.84. The SMILES string of the molecule is COCc1ccccc1C1C[C@@H](O)c2cc(C)ccc2O1. The first-order chi connectivity index (χ1) is 10.2. The Bertz CT molecular complexity index is 636. The number of aliphatic hydroxyl groups is 1. The molecule has 1 aliphatic heterocycles. The van der Waals surface area contributed by atoms with Gasteiger partial charge in [0.15, 0.2) is 0 Å². The molecule has 0 fully saturated rings. The summed E-state index contributed by atoms with van der Waals surface area (Å²) in [6.45, 7) is 2.57. The average molecular weight is 284 g/mol. The van der Waals surface area contributed by atoms with Gasteiger partial charge < -0.3 is 14.6 Å². The molecule has 0 radical (unpaired) electrons. The molecule has 21 heavy (non-hydrogen) atoms. The quantitative estimate of drug-likeness (QED) is 0.934. The van der Waals surface area contributed by atoms with Gasteiger partial charge in [0.25, 0.3) is 0 Å². The minimum Gasteiger partial charge on any atom is -0.485 e. The molecule has 0 saturated heterocycles. The molecule has 3 rings (SSSR count). The van der Waals surface area contributed by atoms with Gasteiger partial charge >= 0.3 is 0 Å². The maximum atomic E-state index is 10.4. The van der Waals surface area contributed by atoms with Crippen LogP contribution in [-0.4, -0.2) is 12.2 Å². The van der Waals surface area contributed by atoms with E-state index in [1.54, 1.807) is 7.11 Å². The minimum atomic E-state index is -0.491. The van der Waals surface area contributed by atoms with Gasteiger partial charge in [0.1, 0.15) is 11.9 Å².